The Hall–Kier alpha value is -0.960. The molecule has 2 aromatic rings. The van der Waals surface area contributed by atoms with Crippen LogP contribution in [0.1, 0.15) is 43.1 Å². The number of nitrogens with zero attached hydrogens (tertiary/aromatic N) is 1. The summed E-state index contributed by atoms with van der Waals surface area (Å²) >= 11 is 7.51. The van der Waals surface area contributed by atoms with Crippen LogP contribution in [0.4, 0.5) is 8.78 Å². The van der Waals surface area contributed by atoms with Crippen LogP contribution < -0.4 is 10.1 Å². The number of hydrogen-bond acceptors (Lipinski definition) is 6. The van der Waals surface area contributed by atoms with Crippen LogP contribution in [0.5, 0.6) is 0 Å². The molecule has 1 aromatic heterocycles. The van der Waals surface area contributed by atoms with E-state index in [4.69, 9.17) is 21.2 Å². The number of hydrogen-bond donors (Lipinski definition) is 1. The predicted octanol–water partition coefficient (Wildman–Crippen LogP) is 4.90. The van der Waals surface area contributed by atoms with Gasteiger partial charge in [0.05, 0.1) is 5.02 Å². The summed E-state index contributed by atoms with van der Waals surface area (Å²) in [5.74, 6) is -0.196. The smallest absolute Gasteiger partial charge is 0.398 e. The van der Waals surface area contributed by atoms with Crippen molar-refractivity contribution in [2.75, 3.05) is 6.26 Å². The zero-order chi connectivity index (χ0) is 18.1. The lowest BCUT2D eigenvalue weighted by atomic mass is 10.1. The molecule has 1 aromatic carbocycles. The molecule has 0 saturated heterocycles. The quantitative estimate of drug-likeness (QED) is 0.548. The molecule has 0 amide bonds. The molecule has 0 atom stereocenters. The Morgan fingerprint density at radius 1 is 1.33 bits per heavy atom. The molecule has 0 spiro atoms. The summed E-state index contributed by atoms with van der Waals surface area (Å²) in [4.78, 5) is 10.4. The summed E-state index contributed by atoms with van der Waals surface area (Å²) in [5, 5.41) is 4.72. The predicted molar refractivity (Wildman–Crippen MR) is 95.7 cm³/mol. The molecular weight excluding hydrogens is 378 g/mol. The Bertz CT molecular complexity index is 638. The molecule has 0 bridgehead atoms. The van der Waals surface area contributed by atoms with E-state index < -0.39 is 11.6 Å². The maximum atomic E-state index is 12.5. The van der Waals surface area contributed by atoms with Gasteiger partial charge >= 0.3 is 4.94 Å². The molecule has 2 N–H and O–H groups in total. The van der Waals surface area contributed by atoms with Gasteiger partial charge in [0.15, 0.2) is 0 Å². The second-order valence-corrected chi connectivity index (χ2v) is 6.68. The zero-order valence-electron chi connectivity index (χ0n) is 13.4. The van der Waals surface area contributed by atoms with E-state index in [1.165, 1.54) is 37.8 Å². The first kappa shape index (κ1) is 21.1. The summed E-state index contributed by atoms with van der Waals surface area (Å²) in [6.07, 6.45) is 6.57. The van der Waals surface area contributed by atoms with Crippen molar-refractivity contribution >= 4 is 35.1 Å². The van der Waals surface area contributed by atoms with Crippen molar-refractivity contribution in [1.29, 1.82) is 0 Å². The Balaban J connectivity index is 0.000000208. The number of rotatable bonds is 1. The summed E-state index contributed by atoms with van der Waals surface area (Å²) in [5.41, 5.74) is 0.353. The van der Waals surface area contributed by atoms with Gasteiger partial charge in [-0.15, -0.1) is 0 Å². The molecule has 1 heterocycles. The Labute approximate surface area is 152 Å². The first-order valence-electron chi connectivity index (χ1n) is 7.19. The standard InChI is InChI=1S/C7H5ClF2.C7H9NO2S.CH5NS/c1-4-2-5(8)7(10)3-6(4)9;9-7-10-6(8-11-7)5-3-1-2-4-5;1-3-2/h2-3H,1H3;5H,1-4H2;2H2,1H3. The Morgan fingerprint density at radius 3 is 2.38 bits per heavy atom. The van der Waals surface area contributed by atoms with Gasteiger partial charge in [-0.2, -0.15) is 4.37 Å². The monoisotopic (exact) mass is 396 g/mol. The van der Waals surface area contributed by atoms with Crippen molar-refractivity contribution in [1.82, 2.24) is 4.37 Å². The molecular formula is C15H19ClF2N2O2S2. The molecule has 134 valence electrons. The van der Waals surface area contributed by atoms with E-state index in [0.29, 0.717) is 17.4 Å². The molecule has 1 aliphatic rings. The van der Waals surface area contributed by atoms with Gasteiger partial charge in [-0.25, -0.2) is 13.6 Å². The zero-order valence-corrected chi connectivity index (χ0v) is 15.7. The highest BCUT2D eigenvalue weighted by molar-refractivity contribution is 7.96. The third-order valence-electron chi connectivity index (χ3n) is 3.30. The van der Waals surface area contributed by atoms with Gasteiger partial charge in [0.2, 0.25) is 5.89 Å². The van der Waals surface area contributed by atoms with E-state index in [9.17, 15) is 13.6 Å². The van der Waals surface area contributed by atoms with E-state index >= 15 is 0 Å². The highest BCUT2D eigenvalue weighted by atomic mass is 35.5. The van der Waals surface area contributed by atoms with Crippen LogP contribution >= 0.6 is 35.1 Å². The second-order valence-electron chi connectivity index (χ2n) is 5.11. The summed E-state index contributed by atoms with van der Waals surface area (Å²) < 4.78 is 33.7. The van der Waals surface area contributed by atoms with E-state index in [1.54, 1.807) is 0 Å². The van der Waals surface area contributed by atoms with E-state index in [-0.39, 0.29) is 9.96 Å². The summed E-state index contributed by atoms with van der Waals surface area (Å²) in [6.45, 7) is 1.53. The van der Waals surface area contributed by atoms with E-state index in [1.807, 2.05) is 6.26 Å². The van der Waals surface area contributed by atoms with Gasteiger partial charge in [0.1, 0.15) is 11.6 Å². The fraction of sp³-hybridized carbons (Fsp3) is 0.467. The molecule has 1 aliphatic carbocycles. The molecule has 0 aliphatic heterocycles. The normalized spacial score (nSPS) is 13.8. The van der Waals surface area contributed by atoms with Crippen LogP contribution in [0.3, 0.4) is 0 Å². The van der Waals surface area contributed by atoms with Gasteiger partial charge in [-0.1, -0.05) is 36.4 Å². The largest absolute Gasteiger partial charge is 0.414 e. The third-order valence-corrected chi connectivity index (χ3v) is 4.10. The minimum atomic E-state index is -0.718. The lowest BCUT2D eigenvalue weighted by Gasteiger charge is -1.98. The minimum Gasteiger partial charge on any atom is -0.398 e. The van der Waals surface area contributed by atoms with Gasteiger partial charge in [-0.3, -0.25) is 5.14 Å². The third kappa shape index (κ3) is 6.88. The van der Waals surface area contributed by atoms with Crippen molar-refractivity contribution in [3.63, 3.8) is 0 Å². The lowest BCUT2D eigenvalue weighted by Crippen LogP contribution is -1.92. The molecule has 9 heteroatoms. The van der Waals surface area contributed by atoms with Gasteiger partial charge in [-0.05, 0) is 37.7 Å². The SMILES string of the molecule is CSN.Cc1cc(Cl)c(F)cc1F.O=c1oc(C2CCCC2)ns1. The fourth-order valence-electron chi connectivity index (χ4n) is 2.16. The molecule has 1 saturated carbocycles. The highest BCUT2D eigenvalue weighted by Gasteiger charge is 2.21. The average molecular weight is 397 g/mol. The number of aryl methyl sites for hydroxylation is 1. The molecule has 1 fully saturated rings. The summed E-state index contributed by atoms with van der Waals surface area (Å²) in [7, 11) is 0. The number of halogens is 3. The summed E-state index contributed by atoms with van der Waals surface area (Å²) in [6, 6.07) is 2.03. The van der Waals surface area contributed by atoms with Crippen LogP contribution in [-0.2, 0) is 0 Å². The van der Waals surface area contributed by atoms with E-state index in [0.717, 1.165) is 30.4 Å². The molecule has 0 unspecified atom stereocenters. The number of benzene rings is 1. The molecule has 3 rings (SSSR count). The van der Waals surface area contributed by atoms with Crippen molar-refractivity contribution in [3.05, 3.63) is 50.0 Å². The van der Waals surface area contributed by atoms with Crippen LogP contribution in [0, 0.1) is 18.6 Å². The first-order chi connectivity index (χ1) is 11.4. The van der Waals surface area contributed by atoms with Crippen LogP contribution in [0.2, 0.25) is 5.02 Å². The molecule has 4 nitrogen and oxygen atoms in total. The van der Waals surface area contributed by atoms with Gasteiger partial charge in [0.25, 0.3) is 0 Å². The Kier molecular flexibility index (Phi) is 9.50. The van der Waals surface area contributed by atoms with Crippen molar-refractivity contribution in [2.45, 2.75) is 38.5 Å². The minimum absolute atomic E-state index is 0.0427. The molecule has 0 radical (unpaired) electrons. The van der Waals surface area contributed by atoms with Crippen LogP contribution in [0.25, 0.3) is 0 Å². The lowest BCUT2D eigenvalue weighted by molar-refractivity contribution is 0.428. The fourth-order valence-corrected chi connectivity index (χ4v) is 2.85. The van der Waals surface area contributed by atoms with Gasteiger partial charge < -0.3 is 4.42 Å². The Morgan fingerprint density at radius 2 is 1.92 bits per heavy atom. The maximum Gasteiger partial charge on any atom is 0.414 e. The van der Waals surface area contributed by atoms with Crippen LogP contribution in [-0.4, -0.2) is 10.6 Å². The van der Waals surface area contributed by atoms with Crippen molar-refractivity contribution < 1.29 is 13.2 Å². The van der Waals surface area contributed by atoms with Crippen molar-refractivity contribution in [2.24, 2.45) is 5.14 Å². The number of aromatic nitrogens is 1. The number of nitrogens with two attached hydrogens (primary N) is 1. The van der Waals surface area contributed by atoms with Crippen molar-refractivity contribution in [3.8, 4) is 0 Å². The average Bonchev–Trinajstić information content (AvgIpc) is 3.18. The highest BCUT2D eigenvalue weighted by Crippen LogP contribution is 2.32. The first-order valence-corrected chi connectivity index (χ1v) is 9.63. The van der Waals surface area contributed by atoms with Crippen LogP contribution in [0.15, 0.2) is 21.3 Å². The van der Waals surface area contributed by atoms with E-state index in [2.05, 4.69) is 4.37 Å². The maximum absolute atomic E-state index is 12.5. The molecule has 24 heavy (non-hydrogen) atoms. The topological polar surface area (TPSA) is 69.1 Å². The second kappa shape index (κ2) is 10.8. The van der Waals surface area contributed by atoms with Gasteiger partial charge in [0, 0.05) is 23.5 Å².